The largest absolute Gasteiger partial charge is 0.451 e. The van der Waals surface area contributed by atoms with Crippen molar-refractivity contribution in [2.24, 2.45) is 0 Å². The van der Waals surface area contributed by atoms with Crippen molar-refractivity contribution in [2.75, 3.05) is 18.5 Å². The summed E-state index contributed by atoms with van der Waals surface area (Å²) in [7, 11) is -1.98. The molecule has 0 amide bonds. The number of nitrogens with one attached hydrogen (secondary N) is 1. The van der Waals surface area contributed by atoms with Gasteiger partial charge in [-0.05, 0) is 49.5 Å². The number of hydrogen-bond donors (Lipinski definition) is 1. The van der Waals surface area contributed by atoms with Crippen molar-refractivity contribution in [2.45, 2.75) is 76.7 Å². The summed E-state index contributed by atoms with van der Waals surface area (Å²) in [5, 5.41) is 4.19. The Kier molecular flexibility index (Phi) is 10.0. The molecule has 3 aromatic rings. The van der Waals surface area contributed by atoms with Crippen LogP contribution >= 0.6 is 23.2 Å². The summed E-state index contributed by atoms with van der Waals surface area (Å²) in [4.78, 5) is 5.90. The Balaban J connectivity index is 2.04. The van der Waals surface area contributed by atoms with Crippen molar-refractivity contribution in [3.05, 3.63) is 39.3 Å². The summed E-state index contributed by atoms with van der Waals surface area (Å²) < 4.78 is 129. The lowest BCUT2D eigenvalue weighted by Crippen LogP contribution is -2.40. The minimum atomic E-state index is -5.39. The number of fused-ring (bicyclic) bond motifs is 1. The van der Waals surface area contributed by atoms with Gasteiger partial charge in [0.2, 0.25) is 5.82 Å². The fourth-order valence-corrected chi connectivity index (χ4v) is 5.47. The maximum atomic E-state index is 14.0. The van der Waals surface area contributed by atoms with Gasteiger partial charge in [0.05, 0.1) is 21.0 Å². The number of aromatic nitrogens is 4. The van der Waals surface area contributed by atoms with Crippen molar-refractivity contribution >= 4 is 48.4 Å². The summed E-state index contributed by atoms with van der Waals surface area (Å²) in [5.74, 6) is -2.65. The van der Waals surface area contributed by atoms with Crippen LogP contribution in [0.1, 0.15) is 57.1 Å². The van der Waals surface area contributed by atoms with Gasteiger partial charge in [-0.15, -0.1) is 5.10 Å². The molecule has 0 saturated heterocycles. The first-order chi connectivity index (χ1) is 19.4. The molecule has 18 heteroatoms. The predicted molar refractivity (Wildman–Crippen MR) is 147 cm³/mol. The molecule has 0 unspecified atom stereocenters. The Bertz CT molecular complexity index is 1440. The second-order valence-electron chi connectivity index (χ2n) is 11.2. The molecule has 0 saturated carbocycles. The number of unbranched alkanes of at least 4 members (excludes halogenated alkanes) is 2. The third kappa shape index (κ3) is 8.05. The van der Waals surface area contributed by atoms with Gasteiger partial charge in [0.1, 0.15) is 11.5 Å². The van der Waals surface area contributed by atoms with E-state index in [4.69, 9.17) is 27.6 Å². The normalized spacial score (nSPS) is 13.7. The molecule has 0 radical (unpaired) electrons. The quantitative estimate of drug-likeness (QED) is 0.138. The van der Waals surface area contributed by atoms with Gasteiger partial charge in [0, 0.05) is 13.2 Å². The third-order valence-electron chi connectivity index (χ3n) is 6.99. The highest BCUT2D eigenvalue weighted by molar-refractivity contribution is 6.74. The molecule has 6 nitrogen and oxygen atoms in total. The molecule has 3 rings (SSSR count). The van der Waals surface area contributed by atoms with Crippen molar-refractivity contribution < 1.29 is 43.9 Å². The van der Waals surface area contributed by atoms with Crippen LogP contribution < -0.4 is 5.32 Å². The number of anilines is 1. The molecule has 43 heavy (non-hydrogen) atoms. The Morgan fingerprint density at radius 3 is 1.91 bits per heavy atom. The molecule has 0 aliphatic heterocycles. The average Bonchev–Trinajstić information content (AvgIpc) is 3.17. The maximum Gasteiger partial charge on any atom is 0.451 e. The van der Waals surface area contributed by atoms with Crippen LogP contribution in [0.3, 0.4) is 0 Å². The van der Waals surface area contributed by atoms with E-state index in [1.165, 1.54) is 0 Å². The van der Waals surface area contributed by atoms with Crippen molar-refractivity contribution in [1.82, 2.24) is 19.7 Å². The molecule has 1 aromatic carbocycles. The standard InChI is InChI=1S/C25H28Cl2F9N5OSi/c1-22(2,3)43(4,5)42-10-8-6-7-9-37-20-16-18(24(31,32)33)38-21(25(34,35)36)39-19(16)40-41(20)17-14(26)11-13(12-15(17)27)23(28,29)30/h11-12,37H,6-10H2,1-5H3. The number of nitrogens with zero attached hydrogens (tertiary/aromatic N) is 4. The smallest absolute Gasteiger partial charge is 0.417 e. The van der Waals surface area contributed by atoms with Gasteiger partial charge in [-0.25, -0.2) is 14.6 Å². The van der Waals surface area contributed by atoms with E-state index in [2.05, 4.69) is 54.2 Å². The first kappa shape index (κ1) is 35.2. The number of hydrogen-bond acceptors (Lipinski definition) is 5. The zero-order valence-electron chi connectivity index (χ0n) is 23.5. The summed E-state index contributed by atoms with van der Waals surface area (Å²) in [6.45, 7) is 10.9. The van der Waals surface area contributed by atoms with Crippen LogP contribution in [0.15, 0.2) is 12.1 Å². The Labute approximate surface area is 252 Å². The van der Waals surface area contributed by atoms with Gasteiger partial charge < -0.3 is 9.74 Å². The number of benzene rings is 1. The topological polar surface area (TPSA) is 64.9 Å². The lowest BCUT2D eigenvalue weighted by molar-refractivity contribution is -0.151. The van der Waals surface area contributed by atoms with Crippen LogP contribution in [0.5, 0.6) is 0 Å². The fourth-order valence-electron chi connectivity index (χ4n) is 3.73. The minimum absolute atomic E-state index is 0.000883. The van der Waals surface area contributed by atoms with E-state index in [-0.39, 0.29) is 11.6 Å². The number of halogens is 11. The number of alkyl halides is 9. The molecule has 0 atom stereocenters. The molecule has 240 valence electrons. The van der Waals surface area contributed by atoms with Gasteiger partial charge in [-0.1, -0.05) is 44.0 Å². The zero-order chi connectivity index (χ0) is 32.8. The molecule has 1 N–H and O–H groups in total. The Morgan fingerprint density at radius 2 is 1.42 bits per heavy atom. The molecule has 0 fully saturated rings. The van der Waals surface area contributed by atoms with Crippen molar-refractivity contribution in [3.63, 3.8) is 0 Å². The first-order valence-electron chi connectivity index (χ1n) is 12.8. The Morgan fingerprint density at radius 1 is 0.837 bits per heavy atom. The van der Waals surface area contributed by atoms with E-state index in [0.717, 1.165) is 0 Å². The molecule has 2 aromatic heterocycles. The third-order valence-corrected chi connectivity index (χ3v) is 12.1. The molecule has 0 aliphatic carbocycles. The van der Waals surface area contributed by atoms with Crippen molar-refractivity contribution in [1.29, 1.82) is 0 Å². The molecular formula is C25H28Cl2F9N5OSi. The first-order valence-corrected chi connectivity index (χ1v) is 16.5. The summed E-state index contributed by atoms with van der Waals surface area (Å²) >= 11 is 12.1. The second kappa shape index (κ2) is 12.2. The van der Waals surface area contributed by atoms with E-state index in [1.807, 2.05) is 0 Å². The van der Waals surface area contributed by atoms with E-state index in [1.54, 1.807) is 0 Å². The van der Waals surface area contributed by atoms with E-state index in [0.29, 0.717) is 42.7 Å². The maximum absolute atomic E-state index is 14.0. The zero-order valence-corrected chi connectivity index (χ0v) is 26.1. The van der Waals surface area contributed by atoms with E-state index in [9.17, 15) is 39.5 Å². The lowest BCUT2D eigenvalue weighted by Gasteiger charge is -2.36. The highest BCUT2D eigenvalue weighted by Crippen LogP contribution is 2.43. The number of rotatable bonds is 9. The van der Waals surface area contributed by atoms with Crippen LogP contribution in [-0.2, 0) is 23.0 Å². The highest BCUT2D eigenvalue weighted by atomic mass is 35.5. The average molecular weight is 685 g/mol. The van der Waals surface area contributed by atoms with Gasteiger partial charge in [0.25, 0.3) is 0 Å². The van der Waals surface area contributed by atoms with Crippen LogP contribution in [0.25, 0.3) is 16.7 Å². The SMILES string of the molecule is CC(C)(C)[Si](C)(C)OCCCCCNc1c2c(C(F)(F)F)nc(C(F)(F)F)nc2nn1-c1c(Cl)cc(C(F)(F)F)cc1Cl. The van der Waals surface area contributed by atoms with Crippen LogP contribution in [0, 0.1) is 0 Å². The van der Waals surface area contributed by atoms with Crippen LogP contribution in [0.4, 0.5) is 45.3 Å². The monoisotopic (exact) mass is 683 g/mol. The predicted octanol–water partition coefficient (Wildman–Crippen LogP) is 9.78. The van der Waals surface area contributed by atoms with Crippen molar-refractivity contribution in [3.8, 4) is 5.69 Å². The van der Waals surface area contributed by atoms with Crippen LogP contribution in [0.2, 0.25) is 28.2 Å². The molecule has 0 bridgehead atoms. The molecule has 2 heterocycles. The van der Waals surface area contributed by atoms with Gasteiger partial charge in [0.15, 0.2) is 19.7 Å². The van der Waals surface area contributed by atoms with E-state index >= 15 is 0 Å². The molecular weight excluding hydrogens is 656 g/mol. The second-order valence-corrected chi connectivity index (χ2v) is 16.9. The van der Waals surface area contributed by atoms with Crippen LogP contribution in [-0.4, -0.2) is 41.2 Å². The lowest BCUT2D eigenvalue weighted by atomic mass is 10.2. The van der Waals surface area contributed by atoms with Gasteiger partial charge in [-0.2, -0.15) is 39.5 Å². The van der Waals surface area contributed by atoms with E-state index < -0.39 is 76.5 Å². The highest BCUT2D eigenvalue weighted by Gasteiger charge is 2.43. The molecule has 0 aliphatic rings. The molecule has 0 spiro atoms. The summed E-state index contributed by atoms with van der Waals surface area (Å²) in [5.41, 5.74) is -4.72. The Hall–Kier alpha value is -2.30. The summed E-state index contributed by atoms with van der Waals surface area (Å²) in [6, 6.07) is 0.942. The summed E-state index contributed by atoms with van der Waals surface area (Å²) in [6.07, 6.45) is -14.0. The fraction of sp³-hybridized carbons (Fsp3) is 0.560. The minimum Gasteiger partial charge on any atom is -0.417 e. The van der Waals surface area contributed by atoms with Gasteiger partial charge >= 0.3 is 18.5 Å². The van der Waals surface area contributed by atoms with Gasteiger partial charge in [-0.3, -0.25) is 0 Å².